The molecule has 0 aliphatic heterocycles. The average Bonchev–Trinajstić information content (AvgIpc) is 2.32. The fourth-order valence-electron chi connectivity index (χ4n) is 1.44. The summed E-state index contributed by atoms with van der Waals surface area (Å²) in [4.78, 5) is 13.9. The first-order chi connectivity index (χ1) is 8.20. The van der Waals surface area contributed by atoms with Crippen molar-refractivity contribution in [3.63, 3.8) is 0 Å². The highest BCUT2D eigenvalue weighted by molar-refractivity contribution is 9.10. The number of nitrogen functional groups attached to an aromatic ring is 1. The van der Waals surface area contributed by atoms with Crippen molar-refractivity contribution in [1.82, 2.24) is 4.90 Å². The van der Waals surface area contributed by atoms with Crippen molar-refractivity contribution in [1.29, 1.82) is 0 Å². The highest BCUT2D eigenvalue weighted by Crippen LogP contribution is 2.26. The quantitative estimate of drug-likeness (QED) is 0.868. The molecule has 0 radical (unpaired) electrons. The molecule has 0 unspecified atom stereocenters. The maximum atomic E-state index is 13.5. The van der Waals surface area contributed by atoms with E-state index in [-0.39, 0.29) is 27.2 Å². The maximum absolute atomic E-state index is 13.5. The summed E-state index contributed by atoms with van der Waals surface area (Å²) >= 11 is 3.04. The number of hydrogen-bond donors (Lipinski definition) is 1. The van der Waals surface area contributed by atoms with Gasteiger partial charge in [-0.05, 0) is 48.3 Å². The first-order valence-electron chi connectivity index (χ1n) is 5.73. The minimum absolute atomic E-state index is 0.194. The Morgan fingerprint density at radius 3 is 2.56 bits per heavy atom. The third-order valence-electron chi connectivity index (χ3n) is 3.40. The van der Waals surface area contributed by atoms with Crippen LogP contribution in [-0.4, -0.2) is 23.4 Å². The summed E-state index contributed by atoms with van der Waals surface area (Å²) in [6.45, 7) is 5.90. The van der Waals surface area contributed by atoms with E-state index in [4.69, 9.17) is 5.73 Å². The van der Waals surface area contributed by atoms with Crippen LogP contribution in [0.3, 0.4) is 0 Å². The van der Waals surface area contributed by atoms with Crippen LogP contribution < -0.4 is 5.73 Å². The molecule has 0 aromatic heterocycles. The Balaban J connectivity index is 3.16. The lowest BCUT2D eigenvalue weighted by molar-refractivity contribution is 0.0621. The highest BCUT2D eigenvalue weighted by atomic mass is 79.9. The van der Waals surface area contributed by atoms with Crippen LogP contribution in [0.25, 0.3) is 0 Å². The van der Waals surface area contributed by atoms with Crippen molar-refractivity contribution in [2.45, 2.75) is 32.7 Å². The predicted molar refractivity (Wildman–Crippen MR) is 75.0 cm³/mol. The number of benzene rings is 1. The summed E-state index contributed by atoms with van der Waals surface area (Å²) in [5.41, 5.74) is 5.94. The van der Waals surface area contributed by atoms with Gasteiger partial charge in [0.2, 0.25) is 0 Å². The number of anilines is 1. The van der Waals surface area contributed by atoms with Gasteiger partial charge in [0.15, 0.2) is 0 Å². The third kappa shape index (κ3) is 2.83. The first kappa shape index (κ1) is 15.0. The van der Waals surface area contributed by atoms with Gasteiger partial charge in [0.05, 0.1) is 10.0 Å². The number of halogens is 2. The average molecular weight is 317 g/mol. The van der Waals surface area contributed by atoms with Crippen LogP contribution in [0, 0.1) is 5.82 Å². The van der Waals surface area contributed by atoms with Gasteiger partial charge < -0.3 is 10.6 Å². The lowest BCUT2D eigenvalue weighted by Gasteiger charge is -2.35. The van der Waals surface area contributed by atoms with E-state index in [1.807, 2.05) is 20.8 Å². The van der Waals surface area contributed by atoms with E-state index in [1.165, 1.54) is 12.1 Å². The van der Waals surface area contributed by atoms with E-state index in [9.17, 15) is 9.18 Å². The summed E-state index contributed by atoms with van der Waals surface area (Å²) in [5, 5.41) is 0. The minimum atomic E-state index is -0.491. The molecule has 100 valence electrons. The normalized spacial score (nSPS) is 11.4. The number of carbonyl (C=O) groups excluding carboxylic acids is 1. The van der Waals surface area contributed by atoms with Crippen molar-refractivity contribution in [3.05, 3.63) is 28.0 Å². The lowest BCUT2D eigenvalue weighted by Crippen LogP contribution is -2.44. The van der Waals surface area contributed by atoms with Crippen LogP contribution in [0.1, 0.15) is 37.6 Å². The van der Waals surface area contributed by atoms with Gasteiger partial charge in [-0.15, -0.1) is 0 Å². The Hall–Kier alpha value is -1.10. The molecule has 0 bridgehead atoms. The van der Waals surface area contributed by atoms with Crippen LogP contribution in [0.4, 0.5) is 10.1 Å². The van der Waals surface area contributed by atoms with Crippen LogP contribution >= 0.6 is 15.9 Å². The molecule has 1 aromatic rings. The van der Waals surface area contributed by atoms with E-state index in [0.717, 1.165) is 6.42 Å². The molecule has 0 spiro atoms. The zero-order valence-electron chi connectivity index (χ0n) is 11.1. The molecular weight excluding hydrogens is 299 g/mol. The monoisotopic (exact) mass is 316 g/mol. The largest absolute Gasteiger partial charge is 0.398 e. The number of amides is 1. The molecule has 1 amide bonds. The van der Waals surface area contributed by atoms with Crippen LogP contribution in [0.15, 0.2) is 16.6 Å². The van der Waals surface area contributed by atoms with Gasteiger partial charge in [-0.2, -0.15) is 0 Å². The number of nitrogens with two attached hydrogens (primary N) is 1. The Kier molecular flexibility index (Phi) is 4.37. The smallest absolute Gasteiger partial charge is 0.256 e. The number of carbonyl (C=O) groups is 1. The molecule has 1 rings (SSSR count). The van der Waals surface area contributed by atoms with Crippen molar-refractivity contribution in [2.75, 3.05) is 12.8 Å². The van der Waals surface area contributed by atoms with Gasteiger partial charge in [0, 0.05) is 18.3 Å². The van der Waals surface area contributed by atoms with Gasteiger partial charge in [-0.25, -0.2) is 4.39 Å². The minimum Gasteiger partial charge on any atom is -0.398 e. The van der Waals surface area contributed by atoms with Gasteiger partial charge in [-0.1, -0.05) is 6.92 Å². The Morgan fingerprint density at radius 2 is 2.06 bits per heavy atom. The molecule has 0 fully saturated rings. The van der Waals surface area contributed by atoms with Crippen LogP contribution in [-0.2, 0) is 0 Å². The number of hydrogen-bond acceptors (Lipinski definition) is 2. The molecule has 2 N–H and O–H groups in total. The van der Waals surface area contributed by atoms with Crippen molar-refractivity contribution < 1.29 is 9.18 Å². The summed E-state index contributed by atoms with van der Waals surface area (Å²) in [5.74, 6) is -0.763. The van der Waals surface area contributed by atoms with Crippen molar-refractivity contribution in [2.24, 2.45) is 0 Å². The Labute approximate surface area is 115 Å². The summed E-state index contributed by atoms with van der Waals surface area (Å²) < 4.78 is 13.7. The van der Waals surface area contributed by atoms with Gasteiger partial charge in [-0.3, -0.25) is 4.79 Å². The number of nitrogens with zero attached hydrogens (tertiary/aromatic N) is 1. The maximum Gasteiger partial charge on any atom is 0.256 e. The third-order valence-corrected chi connectivity index (χ3v) is 4.01. The molecule has 0 saturated carbocycles. The highest BCUT2D eigenvalue weighted by Gasteiger charge is 2.28. The fourth-order valence-corrected chi connectivity index (χ4v) is 1.80. The van der Waals surface area contributed by atoms with Crippen molar-refractivity contribution >= 4 is 27.5 Å². The molecule has 0 heterocycles. The fraction of sp³-hybridized carbons (Fsp3) is 0.462. The van der Waals surface area contributed by atoms with E-state index in [2.05, 4.69) is 15.9 Å². The second kappa shape index (κ2) is 5.26. The van der Waals surface area contributed by atoms with E-state index < -0.39 is 5.82 Å². The molecule has 5 heteroatoms. The molecule has 0 atom stereocenters. The summed E-state index contributed by atoms with van der Waals surface area (Å²) in [6, 6.07) is 2.58. The molecule has 0 saturated heterocycles. The Morgan fingerprint density at radius 1 is 1.50 bits per heavy atom. The standard InChI is InChI=1S/C13H18BrFN2O/c1-5-13(2,3)17(4)12(18)8-6-10(15)9(14)7-11(8)16/h6-7H,5,16H2,1-4H3. The molecule has 18 heavy (non-hydrogen) atoms. The van der Waals surface area contributed by atoms with Gasteiger partial charge in [0.25, 0.3) is 5.91 Å². The van der Waals surface area contributed by atoms with Gasteiger partial charge >= 0.3 is 0 Å². The predicted octanol–water partition coefficient (Wildman–Crippen LogP) is 3.43. The lowest BCUT2D eigenvalue weighted by atomic mass is 9.98. The van der Waals surface area contributed by atoms with Crippen LogP contribution in [0.5, 0.6) is 0 Å². The first-order valence-corrected chi connectivity index (χ1v) is 6.52. The molecule has 1 aromatic carbocycles. The molecule has 3 nitrogen and oxygen atoms in total. The molecular formula is C13H18BrFN2O. The number of rotatable bonds is 3. The zero-order valence-corrected chi connectivity index (χ0v) is 12.6. The molecule has 0 aliphatic carbocycles. The second-order valence-corrected chi connectivity index (χ2v) is 5.74. The second-order valence-electron chi connectivity index (χ2n) is 4.88. The van der Waals surface area contributed by atoms with E-state index in [1.54, 1.807) is 11.9 Å². The van der Waals surface area contributed by atoms with Crippen molar-refractivity contribution in [3.8, 4) is 0 Å². The SMILES string of the molecule is CCC(C)(C)N(C)C(=O)c1cc(F)c(Br)cc1N. The zero-order chi connectivity index (χ0) is 14.1. The topological polar surface area (TPSA) is 46.3 Å². The van der Waals surface area contributed by atoms with E-state index in [0.29, 0.717) is 0 Å². The summed E-state index contributed by atoms with van der Waals surface area (Å²) in [7, 11) is 1.70. The van der Waals surface area contributed by atoms with Gasteiger partial charge in [0.1, 0.15) is 5.82 Å². The molecule has 0 aliphatic rings. The van der Waals surface area contributed by atoms with Crippen LogP contribution in [0.2, 0.25) is 0 Å². The van der Waals surface area contributed by atoms with E-state index >= 15 is 0 Å². The Bertz CT molecular complexity index is 474. The summed E-state index contributed by atoms with van der Waals surface area (Å²) in [6.07, 6.45) is 0.800.